The molecule has 0 aliphatic heterocycles. The van der Waals surface area contributed by atoms with Gasteiger partial charge in [0.25, 0.3) is 0 Å². The zero-order chi connectivity index (χ0) is 11.3. The van der Waals surface area contributed by atoms with Gasteiger partial charge in [-0.05, 0) is 5.56 Å². The molecular formula is C12H13ClO2. The summed E-state index contributed by atoms with van der Waals surface area (Å²) in [5.41, 5.74) is 1.41. The maximum Gasteiger partial charge on any atom is 0.162 e. The summed E-state index contributed by atoms with van der Waals surface area (Å²) in [6.45, 7) is 1.81. The molecule has 1 aromatic rings. The molecule has 0 saturated heterocycles. The Labute approximate surface area is 94.2 Å². The smallest absolute Gasteiger partial charge is 0.162 e. The van der Waals surface area contributed by atoms with Gasteiger partial charge in [0.2, 0.25) is 0 Å². The fourth-order valence-corrected chi connectivity index (χ4v) is 1.49. The van der Waals surface area contributed by atoms with E-state index in [9.17, 15) is 9.59 Å². The average molecular weight is 225 g/mol. The number of Topliss-reactive ketones (excluding diaryl/α,β-unsaturated/α-hetero) is 2. The molecule has 15 heavy (non-hydrogen) atoms. The van der Waals surface area contributed by atoms with E-state index in [2.05, 4.69) is 0 Å². The predicted molar refractivity (Wildman–Crippen MR) is 60.5 cm³/mol. The summed E-state index contributed by atoms with van der Waals surface area (Å²) >= 11 is 5.43. The van der Waals surface area contributed by atoms with Crippen LogP contribution in [-0.2, 0) is 11.2 Å². The second kappa shape index (κ2) is 5.66. The third kappa shape index (κ3) is 3.17. The van der Waals surface area contributed by atoms with Crippen molar-refractivity contribution < 1.29 is 9.59 Å². The lowest BCUT2D eigenvalue weighted by Crippen LogP contribution is -2.09. The van der Waals surface area contributed by atoms with Crippen LogP contribution in [0.1, 0.15) is 29.3 Å². The molecule has 0 bridgehead atoms. The molecular weight excluding hydrogens is 212 g/mol. The second-order valence-corrected chi connectivity index (χ2v) is 3.55. The highest BCUT2D eigenvalue weighted by Gasteiger charge is 2.11. The summed E-state index contributed by atoms with van der Waals surface area (Å²) in [7, 11) is 0. The molecule has 0 aliphatic rings. The van der Waals surface area contributed by atoms with Crippen molar-refractivity contribution in [1.29, 1.82) is 0 Å². The molecule has 0 fully saturated rings. The zero-order valence-corrected chi connectivity index (χ0v) is 9.38. The number of hydrogen-bond acceptors (Lipinski definition) is 2. The molecule has 0 spiro atoms. The Kier molecular flexibility index (Phi) is 4.50. The van der Waals surface area contributed by atoms with Crippen molar-refractivity contribution in [2.45, 2.75) is 19.8 Å². The fourth-order valence-electron chi connectivity index (χ4n) is 1.40. The van der Waals surface area contributed by atoms with Crippen LogP contribution < -0.4 is 0 Å². The van der Waals surface area contributed by atoms with Gasteiger partial charge in [0, 0.05) is 18.4 Å². The maximum atomic E-state index is 11.6. The van der Waals surface area contributed by atoms with Crippen LogP contribution in [0.4, 0.5) is 0 Å². The quantitative estimate of drug-likeness (QED) is 0.569. The van der Waals surface area contributed by atoms with Crippen molar-refractivity contribution in [2.24, 2.45) is 0 Å². The average Bonchev–Trinajstić information content (AvgIpc) is 2.28. The number of carbonyl (C=O) groups is 2. The lowest BCUT2D eigenvalue weighted by molar-refractivity contribution is -0.116. The summed E-state index contributed by atoms with van der Waals surface area (Å²) < 4.78 is 0. The molecule has 80 valence electrons. The van der Waals surface area contributed by atoms with Gasteiger partial charge in [-0.15, -0.1) is 11.6 Å². The molecule has 0 heterocycles. The number of carbonyl (C=O) groups excluding carboxylic acids is 2. The Hall–Kier alpha value is -1.15. The number of benzene rings is 1. The summed E-state index contributed by atoms with van der Waals surface area (Å²) in [6.07, 6.45) is 0.692. The minimum Gasteiger partial charge on any atom is -0.298 e. The largest absolute Gasteiger partial charge is 0.298 e. The number of ketones is 2. The SMILES string of the molecule is CCC(=O)c1ccccc1CC(=O)CCl. The Morgan fingerprint density at radius 2 is 1.93 bits per heavy atom. The van der Waals surface area contributed by atoms with Gasteiger partial charge in [-0.2, -0.15) is 0 Å². The Balaban J connectivity index is 2.96. The van der Waals surface area contributed by atoms with Crippen molar-refractivity contribution >= 4 is 23.2 Å². The normalized spacial score (nSPS) is 10.0. The van der Waals surface area contributed by atoms with Crippen LogP contribution in [-0.4, -0.2) is 17.4 Å². The highest BCUT2D eigenvalue weighted by atomic mass is 35.5. The first kappa shape index (κ1) is 11.9. The molecule has 0 radical (unpaired) electrons. The molecule has 0 amide bonds. The first-order chi connectivity index (χ1) is 7.19. The molecule has 3 heteroatoms. The van der Waals surface area contributed by atoms with Crippen LogP contribution in [0.15, 0.2) is 24.3 Å². The molecule has 0 saturated carbocycles. The number of rotatable bonds is 5. The molecule has 1 aromatic carbocycles. The third-order valence-corrected chi connectivity index (χ3v) is 2.47. The van der Waals surface area contributed by atoms with Gasteiger partial charge in [-0.3, -0.25) is 9.59 Å². The highest BCUT2D eigenvalue weighted by molar-refractivity contribution is 6.27. The van der Waals surface area contributed by atoms with Gasteiger partial charge in [0.1, 0.15) is 0 Å². The van der Waals surface area contributed by atoms with Gasteiger partial charge in [-0.1, -0.05) is 31.2 Å². The lowest BCUT2D eigenvalue weighted by Gasteiger charge is -2.05. The van der Waals surface area contributed by atoms with Gasteiger partial charge >= 0.3 is 0 Å². The minimum absolute atomic E-state index is 0.00531. The van der Waals surface area contributed by atoms with Crippen LogP contribution in [0.25, 0.3) is 0 Å². The van der Waals surface area contributed by atoms with Crippen molar-refractivity contribution in [3.63, 3.8) is 0 Å². The molecule has 0 aliphatic carbocycles. The Bertz CT molecular complexity index is 372. The van der Waals surface area contributed by atoms with E-state index < -0.39 is 0 Å². The molecule has 0 unspecified atom stereocenters. The van der Waals surface area contributed by atoms with E-state index in [1.165, 1.54) is 0 Å². The van der Waals surface area contributed by atoms with E-state index in [0.29, 0.717) is 12.0 Å². The van der Waals surface area contributed by atoms with Crippen molar-refractivity contribution in [2.75, 3.05) is 5.88 Å². The van der Waals surface area contributed by atoms with Gasteiger partial charge in [0.15, 0.2) is 11.6 Å². The Morgan fingerprint density at radius 3 is 2.53 bits per heavy atom. The molecule has 2 nitrogen and oxygen atoms in total. The van der Waals surface area contributed by atoms with E-state index in [1.54, 1.807) is 18.2 Å². The molecule has 0 atom stereocenters. The molecule has 0 N–H and O–H groups in total. The van der Waals surface area contributed by atoms with E-state index in [1.807, 2.05) is 13.0 Å². The summed E-state index contributed by atoms with van der Waals surface area (Å²) in [4.78, 5) is 22.8. The van der Waals surface area contributed by atoms with Crippen LogP contribution in [0, 0.1) is 0 Å². The number of alkyl halides is 1. The standard InChI is InChI=1S/C12H13ClO2/c1-2-12(15)11-6-4-3-5-9(11)7-10(14)8-13/h3-6H,2,7-8H2,1H3. The summed E-state index contributed by atoms with van der Waals surface area (Å²) in [6, 6.07) is 7.18. The Morgan fingerprint density at radius 1 is 1.27 bits per heavy atom. The predicted octanol–water partition coefficient (Wildman–Crippen LogP) is 2.63. The fraction of sp³-hybridized carbons (Fsp3) is 0.333. The van der Waals surface area contributed by atoms with E-state index in [4.69, 9.17) is 11.6 Å². The van der Waals surface area contributed by atoms with Crippen molar-refractivity contribution in [3.8, 4) is 0 Å². The van der Waals surface area contributed by atoms with Gasteiger partial charge in [0.05, 0.1) is 5.88 Å². The molecule has 1 rings (SSSR count). The van der Waals surface area contributed by atoms with E-state index >= 15 is 0 Å². The van der Waals surface area contributed by atoms with Crippen LogP contribution in [0.2, 0.25) is 0 Å². The molecule has 0 aromatic heterocycles. The summed E-state index contributed by atoms with van der Waals surface area (Å²) in [5, 5.41) is 0. The van der Waals surface area contributed by atoms with Crippen LogP contribution in [0.5, 0.6) is 0 Å². The first-order valence-electron chi connectivity index (χ1n) is 4.87. The maximum absolute atomic E-state index is 11.6. The number of halogens is 1. The van der Waals surface area contributed by atoms with Crippen molar-refractivity contribution in [1.82, 2.24) is 0 Å². The zero-order valence-electron chi connectivity index (χ0n) is 8.63. The van der Waals surface area contributed by atoms with Gasteiger partial charge < -0.3 is 0 Å². The van der Waals surface area contributed by atoms with Crippen LogP contribution in [0.3, 0.4) is 0 Å². The third-order valence-electron chi connectivity index (χ3n) is 2.18. The summed E-state index contributed by atoms with van der Waals surface area (Å²) in [5.74, 6) is -0.00439. The second-order valence-electron chi connectivity index (χ2n) is 3.28. The van der Waals surface area contributed by atoms with E-state index in [-0.39, 0.29) is 23.9 Å². The minimum atomic E-state index is -0.0620. The first-order valence-corrected chi connectivity index (χ1v) is 5.41. The van der Waals surface area contributed by atoms with E-state index in [0.717, 1.165) is 5.56 Å². The van der Waals surface area contributed by atoms with Crippen LogP contribution >= 0.6 is 11.6 Å². The highest BCUT2D eigenvalue weighted by Crippen LogP contribution is 2.12. The monoisotopic (exact) mass is 224 g/mol. The van der Waals surface area contributed by atoms with Gasteiger partial charge in [-0.25, -0.2) is 0 Å². The lowest BCUT2D eigenvalue weighted by atomic mass is 9.98. The van der Waals surface area contributed by atoms with Crippen molar-refractivity contribution in [3.05, 3.63) is 35.4 Å². The number of hydrogen-bond donors (Lipinski definition) is 0. The topological polar surface area (TPSA) is 34.1 Å².